The first-order valence-corrected chi connectivity index (χ1v) is 13.2. The molecule has 0 N–H and O–H groups in total. The van der Waals surface area contributed by atoms with E-state index in [-0.39, 0.29) is 24.2 Å². The van der Waals surface area contributed by atoms with E-state index >= 15 is 0 Å². The third-order valence-corrected chi connectivity index (χ3v) is 7.52. The Labute approximate surface area is 211 Å². The number of likely N-dealkylation sites (tertiary alicyclic amines) is 1. The zero-order valence-electron chi connectivity index (χ0n) is 20.3. The summed E-state index contributed by atoms with van der Waals surface area (Å²) in [4.78, 5) is 44.4. The Hall–Kier alpha value is -2.84. The van der Waals surface area contributed by atoms with E-state index in [0.29, 0.717) is 23.5 Å². The molecule has 2 amide bonds. The number of nitrogens with zero attached hydrogens (tertiary/aromatic N) is 3. The molecule has 0 bridgehead atoms. The van der Waals surface area contributed by atoms with Crippen molar-refractivity contribution in [2.45, 2.75) is 31.2 Å². The van der Waals surface area contributed by atoms with Crippen LogP contribution in [-0.2, 0) is 20.9 Å². The lowest BCUT2D eigenvalue weighted by Gasteiger charge is -2.34. The van der Waals surface area contributed by atoms with Crippen molar-refractivity contribution in [1.29, 1.82) is 0 Å². The minimum atomic E-state index is -0.534. The molecule has 2 aliphatic heterocycles. The maximum atomic E-state index is 12.7. The summed E-state index contributed by atoms with van der Waals surface area (Å²) in [6.45, 7) is 7.12. The molecule has 2 fully saturated rings. The Morgan fingerprint density at radius 3 is 2.31 bits per heavy atom. The van der Waals surface area contributed by atoms with Gasteiger partial charge in [0.25, 0.3) is 5.91 Å². The number of esters is 1. The van der Waals surface area contributed by atoms with E-state index in [1.54, 1.807) is 17.0 Å². The molecular weight excluding hydrogens is 462 g/mol. The Morgan fingerprint density at radius 2 is 1.57 bits per heavy atom. The van der Waals surface area contributed by atoms with Crippen molar-refractivity contribution in [1.82, 2.24) is 14.7 Å². The number of ether oxygens (including phenoxy) is 1. The lowest BCUT2D eigenvalue weighted by atomic mass is 10.1. The van der Waals surface area contributed by atoms with Crippen molar-refractivity contribution in [3.05, 3.63) is 65.2 Å². The zero-order chi connectivity index (χ0) is 24.6. The first kappa shape index (κ1) is 25.3. The summed E-state index contributed by atoms with van der Waals surface area (Å²) >= 11 is 1.34. The minimum Gasteiger partial charge on any atom is -0.452 e. The average Bonchev–Trinajstić information content (AvgIpc) is 3.42. The van der Waals surface area contributed by atoms with Gasteiger partial charge in [0.15, 0.2) is 6.61 Å². The maximum Gasteiger partial charge on any atom is 0.339 e. The van der Waals surface area contributed by atoms with E-state index in [2.05, 4.69) is 36.1 Å². The van der Waals surface area contributed by atoms with Crippen LogP contribution in [-0.4, -0.2) is 84.1 Å². The highest BCUT2D eigenvalue weighted by atomic mass is 32.2. The first-order chi connectivity index (χ1) is 17.0. The van der Waals surface area contributed by atoms with E-state index < -0.39 is 5.97 Å². The summed E-state index contributed by atoms with van der Waals surface area (Å²) in [7, 11) is 0. The molecule has 0 spiro atoms. The molecule has 2 aromatic carbocycles. The van der Waals surface area contributed by atoms with Crippen LogP contribution in [0.15, 0.2) is 53.4 Å². The molecule has 0 atom stereocenters. The van der Waals surface area contributed by atoms with Gasteiger partial charge in [0.1, 0.15) is 0 Å². The second kappa shape index (κ2) is 12.2. The normalized spacial score (nSPS) is 16.4. The van der Waals surface area contributed by atoms with E-state index in [1.165, 1.54) is 22.9 Å². The Balaban J connectivity index is 1.23. The van der Waals surface area contributed by atoms with Crippen LogP contribution in [0.3, 0.4) is 0 Å². The average molecular weight is 496 g/mol. The summed E-state index contributed by atoms with van der Waals surface area (Å²) in [5.74, 6) is -0.334. The molecule has 2 saturated heterocycles. The highest BCUT2D eigenvalue weighted by Crippen LogP contribution is 2.24. The van der Waals surface area contributed by atoms with Crippen LogP contribution in [0, 0.1) is 6.92 Å². The zero-order valence-corrected chi connectivity index (χ0v) is 21.1. The number of piperazine rings is 1. The Kier molecular flexibility index (Phi) is 8.82. The number of amides is 2. The Bertz CT molecular complexity index is 1050. The smallest absolute Gasteiger partial charge is 0.339 e. The highest BCUT2D eigenvalue weighted by molar-refractivity contribution is 8.00. The lowest BCUT2D eigenvalue weighted by Crippen LogP contribution is -2.49. The van der Waals surface area contributed by atoms with Crippen LogP contribution in [0.2, 0.25) is 0 Å². The monoisotopic (exact) mass is 495 g/mol. The van der Waals surface area contributed by atoms with Crippen molar-refractivity contribution < 1.29 is 19.1 Å². The molecule has 2 heterocycles. The van der Waals surface area contributed by atoms with Gasteiger partial charge in [-0.1, -0.05) is 42.0 Å². The molecule has 8 heteroatoms. The van der Waals surface area contributed by atoms with Gasteiger partial charge in [-0.05, 0) is 37.5 Å². The predicted molar refractivity (Wildman–Crippen MR) is 136 cm³/mol. The van der Waals surface area contributed by atoms with Crippen molar-refractivity contribution in [2.24, 2.45) is 0 Å². The van der Waals surface area contributed by atoms with Crippen LogP contribution in [0.5, 0.6) is 0 Å². The number of aryl methyl sites for hydroxylation is 1. The van der Waals surface area contributed by atoms with Crippen LogP contribution < -0.4 is 0 Å². The summed E-state index contributed by atoms with van der Waals surface area (Å²) < 4.78 is 5.37. The minimum absolute atomic E-state index is 0.0902. The summed E-state index contributed by atoms with van der Waals surface area (Å²) in [6, 6.07) is 15.6. The van der Waals surface area contributed by atoms with Gasteiger partial charge in [0.2, 0.25) is 5.91 Å². The fraction of sp³-hybridized carbons (Fsp3) is 0.444. The predicted octanol–water partition coefficient (Wildman–Crippen LogP) is 3.21. The van der Waals surface area contributed by atoms with Crippen molar-refractivity contribution in [3.8, 4) is 0 Å². The van der Waals surface area contributed by atoms with Crippen molar-refractivity contribution in [2.75, 3.05) is 51.6 Å². The number of hydrogen-bond acceptors (Lipinski definition) is 6. The second-order valence-corrected chi connectivity index (χ2v) is 10.1. The maximum absolute atomic E-state index is 12.7. The molecule has 4 rings (SSSR count). The largest absolute Gasteiger partial charge is 0.452 e. The van der Waals surface area contributed by atoms with Crippen LogP contribution in [0.4, 0.5) is 0 Å². The molecule has 0 radical (unpaired) electrons. The fourth-order valence-corrected chi connectivity index (χ4v) is 5.42. The van der Waals surface area contributed by atoms with Gasteiger partial charge in [-0.2, -0.15) is 0 Å². The Morgan fingerprint density at radius 1 is 0.857 bits per heavy atom. The van der Waals surface area contributed by atoms with E-state index in [9.17, 15) is 14.4 Å². The molecule has 186 valence electrons. The van der Waals surface area contributed by atoms with Gasteiger partial charge >= 0.3 is 5.97 Å². The van der Waals surface area contributed by atoms with Crippen LogP contribution >= 0.6 is 11.8 Å². The van der Waals surface area contributed by atoms with Gasteiger partial charge in [-0.15, -0.1) is 11.8 Å². The van der Waals surface area contributed by atoms with Crippen molar-refractivity contribution >= 4 is 29.5 Å². The quantitative estimate of drug-likeness (QED) is 0.414. The van der Waals surface area contributed by atoms with E-state index in [1.807, 2.05) is 17.0 Å². The van der Waals surface area contributed by atoms with Gasteiger partial charge in [-0.25, -0.2) is 4.79 Å². The number of carbonyl (C=O) groups excluding carboxylic acids is 3. The number of benzene rings is 2. The van der Waals surface area contributed by atoms with Gasteiger partial charge in [0.05, 0.1) is 11.3 Å². The van der Waals surface area contributed by atoms with Gasteiger partial charge in [-0.3, -0.25) is 14.5 Å². The molecule has 0 saturated carbocycles. The molecule has 2 aromatic rings. The summed E-state index contributed by atoms with van der Waals surface area (Å²) in [5.41, 5.74) is 2.91. The molecule has 7 nitrogen and oxygen atoms in total. The molecule has 35 heavy (non-hydrogen) atoms. The second-order valence-electron chi connectivity index (χ2n) is 9.09. The number of hydrogen-bond donors (Lipinski definition) is 0. The van der Waals surface area contributed by atoms with Gasteiger partial charge in [0, 0.05) is 50.7 Å². The highest BCUT2D eigenvalue weighted by Gasteiger charge is 2.23. The molecule has 0 aromatic heterocycles. The number of thioether (sulfide) groups is 1. The summed E-state index contributed by atoms with van der Waals surface area (Å²) in [6.07, 6.45) is 2.10. The molecule has 0 unspecified atom stereocenters. The molecular formula is C27H33N3O4S. The third kappa shape index (κ3) is 7.08. The van der Waals surface area contributed by atoms with Crippen LogP contribution in [0.1, 0.15) is 34.3 Å². The molecule has 0 aliphatic carbocycles. The van der Waals surface area contributed by atoms with Crippen LogP contribution in [0.25, 0.3) is 0 Å². The van der Waals surface area contributed by atoms with E-state index in [0.717, 1.165) is 45.6 Å². The lowest BCUT2D eigenvalue weighted by molar-refractivity contribution is -0.136. The SMILES string of the molecule is Cc1cccc(CN2CCN(C(=O)COC(=O)c3ccccc3SCC(=O)N3CCCC3)CC2)c1. The standard InChI is InChI=1S/C27H33N3O4S/c1-21-7-6-8-22(17-21)18-28-13-15-30(16-14-28)25(31)19-34-27(33)23-9-2-3-10-24(23)35-20-26(32)29-11-4-5-12-29/h2-3,6-10,17H,4-5,11-16,18-20H2,1H3. The first-order valence-electron chi connectivity index (χ1n) is 12.2. The molecule has 2 aliphatic rings. The van der Waals surface area contributed by atoms with Gasteiger partial charge < -0.3 is 14.5 Å². The topological polar surface area (TPSA) is 70.2 Å². The van der Waals surface area contributed by atoms with E-state index in [4.69, 9.17) is 4.74 Å². The fourth-order valence-electron chi connectivity index (χ4n) is 4.48. The van der Waals surface area contributed by atoms with Crippen molar-refractivity contribution in [3.63, 3.8) is 0 Å². The summed E-state index contributed by atoms with van der Waals surface area (Å²) in [5, 5.41) is 0. The third-order valence-electron chi connectivity index (χ3n) is 6.46. The number of rotatable bonds is 8. The number of carbonyl (C=O) groups is 3.